The van der Waals surface area contributed by atoms with Crippen molar-refractivity contribution in [3.63, 3.8) is 0 Å². The lowest BCUT2D eigenvalue weighted by Crippen LogP contribution is -2.00. The largest absolute Gasteiger partial charge is 0.466 e. The van der Waals surface area contributed by atoms with Gasteiger partial charge in [-0.25, -0.2) is 4.79 Å². The molecule has 0 atom stereocenters. The van der Waals surface area contributed by atoms with E-state index in [9.17, 15) is 4.79 Å². The molecule has 0 fully saturated rings. The molecule has 1 rings (SSSR count). The standard InChI is InChI=1S/C15H22O2/c1-4-5-8-13-9-6-7-12(2)14(13)10-11-15(16)17-3/h7,10-11H,4-6,8-9H2,1-3H3/b11-10+. The zero-order valence-electron chi connectivity index (χ0n) is 11.1. The normalized spacial score (nSPS) is 16.3. The summed E-state index contributed by atoms with van der Waals surface area (Å²) in [5.41, 5.74) is 3.99. The van der Waals surface area contributed by atoms with Gasteiger partial charge in [0.15, 0.2) is 0 Å². The minimum Gasteiger partial charge on any atom is -0.466 e. The third kappa shape index (κ3) is 4.22. The second-order valence-electron chi connectivity index (χ2n) is 4.40. The van der Waals surface area contributed by atoms with Crippen molar-refractivity contribution < 1.29 is 9.53 Å². The highest BCUT2D eigenvalue weighted by molar-refractivity contribution is 5.82. The molecule has 0 saturated heterocycles. The van der Waals surface area contributed by atoms with Crippen molar-refractivity contribution in [3.8, 4) is 0 Å². The van der Waals surface area contributed by atoms with Gasteiger partial charge in [-0.1, -0.05) is 25.0 Å². The molecule has 1 aliphatic carbocycles. The Balaban J connectivity index is 2.85. The number of ether oxygens (including phenoxy) is 1. The van der Waals surface area contributed by atoms with Gasteiger partial charge in [0.2, 0.25) is 0 Å². The van der Waals surface area contributed by atoms with Gasteiger partial charge in [0, 0.05) is 6.08 Å². The predicted molar refractivity (Wildman–Crippen MR) is 70.7 cm³/mol. The molecule has 0 unspecified atom stereocenters. The van der Waals surface area contributed by atoms with Gasteiger partial charge < -0.3 is 4.74 Å². The van der Waals surface area contributed by atoms with Crippen LogP contribution in [0, 0.1) is 0 Å². The van der Waals surface area contributed by atoms with Crippen LogP contribution in [-0.4, -0.2) is 13.1 Å². The summed E-state index contributed by atoms with van der Waals surface area (Å²) >= 11 is 0. The fourth-order valence-electron chi connectivity index (χ4n) is 2.10. The summed E-state index contributed by atoms with van der Waals surface area (Å²) in [4.78, 5) is 11.1. The van der Waals surface area contributed by atoms with Crippen LogP contribution in [0.5, 0.6) is 0 Å². The molecule has 0 amide bonds. The molecule has 0 heterocycles. The Kier molecular flexibility index (Phi) is 5.75. The van der Waals surface area contributed by atoms with Gasteiger partial charge in [-0.15, -0.1) is 0 Å². The first-order valence-electron chi connectivity index (χ1n) is 6.34. The first-order chi connectivity index (χ1) is 8.19. The third-order valence-electron chi connectivity index (χ3n) is 3.12. The molecule has 0 saturated carbocycles. The van der Waals surface area contributed by atoms with E-state index in [1.807, 2.05) is 6.08 Å². The van der Waals surface area contributed by atoms with Crippen LogP contribution in [0.1, 0.15) is 46.0 Å². The minimum atomic E-state index is -0.286. The molecule has 0 spiro atoms. The topological polar surface area (TPSA) is 26.3 Å². The van der Waals surface area contributed by atoms with Gasteiger partial charge in [0.05, 0.1) is 7.11 Å². The summed E-state index contributed by atoms with van der Waals surface area (Å²) in [6.07, 6.45) is 11.5. The van der Waals surface area contributed by atoms with Crippen LogP contribution < -0.4 is 0 Å². The van der Waals surface area contributed by atoms with E-state index >= 15 is 0 Å². The predicted octanol–water partition coefficient (Wildman–Crippen LogP) is 3.94. The number of methoxy groups -OCH3 is 1. The third-order valence-corrected chi connectivity index (χ3v) is 3.12. The van der Waals surface area contributed by atoms with Crippen molar-refractivity contribution in [2.75, 3.05) is 7.11 Å². The highest BCUT2D eigenvalue weighted by atomic mass is 16.5. The first kappa shape index (κ1) is 13.8. The van der Waals surface area contributed by atoms with Gasteiger partial charge in [0.1, 0.15) is 0 Å². The fourth-order valence-corrected chi connectivity index (χ4v) is 2.10. The maximum atomic E-state index is 11.1. The monoisotopic (exact) mass is 234 g/mol. The second-order valence-corrected chi connectivity index (χ2v) is 4.40. The number of unbranched alkanes of at least 4 members (excludes halogenated alkanes) is 1. The maximum Gasteiger partial charge on any atom is 0.330 e. The molecule has 0 aromatic carbocycles. The SMILES string of the molecule is CCCCC1=C(/C=C/C(=O)OC)C(C)=CCC1. The zero-order valence-corrected chi connectivity index (χ0v) is 11.1. The van der Waals surface area contributed by atoms with Gasteiger partial charge in [-0.05, 0) is 49.8 Å². The van der Waals surface area contributed by atoms with E-state index in [-0.39, 0.29) is 5.97 Å². The van der Waals surface area contributed by atoms with Gasteiger partial charge >= 0.3 is 5.97 Å². The molecular formula is C15H22O2. The Morgan fingerprint density at radius 3 is 2.94 bits per heavy atom. The van der Waals surface area contributed by atoms with Gasteiger partial charge in [-0.2, -0.15) is 0 Å². The summed E-state index contributed by atoms with van der Waals surface area (Å²) in [6, 6.07) is 0. The average Bonchev–Trinajstić information content (AvgIpc) is 2.34. The molecule has 0 aromatic heterocycles. The van der Waals surface area contributed by atoms with Crippen molar-refractivity contribution in [2.24, 2.45) is 0 Å². The number of esters is 1. The van der Waals surface area contributed by atoms with E-state index in [0.29, 0.717) is 0 Å². The molecule has 94 valence electrons. The number of carbonyl (C=O) groups excluding carboxylic acids is 1. The molecule has 0 radical (unpaired) electrons. The summed E-state index contributed by atoms with van der Waals surface area (Å²) in [5.74, 6) is -0.286. The van der Waals surface area contributed by atoms with E-state index in [1.54, 1.807) is 0 Å². The Bertz CT molecular complexity index is 359. The summed E-state index contributed by atoms with van der Waals surface area (Å²) in [7, 11) is 1.41. The van der Waals surface area contributed by atoms with Crippen molar-refractivity contribution in [1.82, 2.24) is 0 Å². The molecule has 17 heavy (non-hydrogen) atoms. The summed E-state index contributed by atoms with van der Waals surface area (Å²) in [6.45, 7) is 4.32. The molecule has 0 N–H and O–H groups in total. The van der Waals surface area contributed by atoms with Crippen molar-refractivity contribution in [3.05, 3.63) is 34.9 Å². The smallest absolute Gasteiger partial charge is 0.330 e. The lowest BCUT2D eigenvalue weighted by molar-refractivity contribution is -0.134. The zero-order chi connectivity index (χ0) is 12.7. The number of hydrogen-bond acceptors (Lipinski definition) is 2. The molecule has 2 heteroatoms. The van der Waals surface area contributed by atoms with E-state index in [2.05, 4.69) is 24.7 Å². The van der Waals surface area contributed by atoms with Crippen LogP contribution in [0.15, 0.2) is 34.9 Å². The molecule has 0 aromatic rings. The molecule has 1 aliphatic rings. The Morgan fingerprint density at radius 2 is 2.29 bits per heavy atom. The van der Waals surface area contributed by atoms with Crippen LogP contribution in [0.2, 0.25) is 0 Å². The lowest BCUT2D eigenvalue weighted by atomic mass is 9.88. The van der Waals surface area contributed by atoms with E-state index in [4.69, 9.17) is 0 Å². The average molecular weight is 234 g/mol. The van der Waals surface area contributed by atoms with Crippen LogP contribution in [0.3, 0.4) is 0 Å². The highest BCUT2D eigenvalue weighted by Gasteiger charge is 2.10. The van der Waals surface area contributed by atoms with E-state index < -0.39 is 0 Å². The Labute approximate surface area is 104 Å². The molecule has 2 nitrogen and oxygen atoms in total. The van der Waals surface area contributed by atoms with Crippen LogP contribution in [0.25, 0.3) is 0 Å². The molecule has 0 aliphatic heterocycles. The number of rotatable bonds is 5. The van der Waals surface area contributed by atoms with Crippen LogP contribution in [0.4, 0.5) is 0 Å². The van der Waals surface area contributed by atoms with Crippen molar-refractivity contribution >= 4 is 5.97 Å². The number of hydrogen-bond donors (Lipinski definition) is 0. The number of allylic oxidation sites excluding steroid dienone is 5. The van der Waals surface area contributed by atoms with Gasteiger partial charge in [-0.3, -0.25) is 0 Å². The first-order valence-corrected chi connectivity index (χ1v) is 6.34. The quantitative estimate of drug-likeness (QED) is 0.532. The highest BCUT2D eigenvalue weighted by Crippen LogP contribution is 2.29. The summed E-state index contributed by atoms with van der Waals surface area (Å²) in [5, 5.41) is 0. The Hall–Kier alpha value is -1.31. The molecular weight excluding hydrogens is 212 g/mol. The van der Waals surface area contributed by atoms with Crippen LogP contribution >= 0.6 is 0 Å². The second kappa shape index (κ2) is 7.10. The minimum absolute atomic E-state index is 0.286. The number of carbonyl (C=O) groups is 1. The van der Waals surface area contributed by atoms with Crippen molar-refractivity contribution in [1.29, 1.82) is 0 Å². The lowest BCUT2D eigenvalue weighted by Gasteiger charge is -2.17. The summed E-state index contributed by atoms with van der Waals surface area (Å²) < 4.78 is 4.63. The van der Waals surface area contributed by atoms with Gasteiger partial charge in [0.25, 0.3) is 0 Å². The fraction of sp³-hybridized carbons (Fsp3) is 0.533. The van der Waals surface area contributed by atoms with E-state index in [0.717, 1.165) is 19.3 Å². The molecule has 0 bridgehead atoms. The van der Waals surface area contributed by atoms with E-state index in [1.165, 1.54) is 42.7 Å². The Morgan fingerprint density at radius 1 is 1.53 bits per heavy atom. The maximum absolute atomic E-state index is 11.1. The van der Waals surface area contributed by atoms with Crippen molar-refractivity contribution in [2.45, 2.75) is 46.0 Å². The van der Waals surface area contributed by atoms with Crippen LogP contribution in [-0.2, 0) is 9.53 Å².